The first-order valence-electron chi connectivity index (χ1n) is 10.3. The van der Waals surface area contributed by atoms with E-state index in [-0.39, 0.29) is 5.91 Å². The van der Waals surface area contributed by atoms with Crippen LogP contribution in [-0.2, 0) is 6.67 Å². The average molecular weight is 452 g/mol. The van der Waals surface area contributed by atoms with Crippen LogP contribution in [0.1, 0.15) is 21.5 Å². The highest BCUT2D eigenvalue weighted by molar-refractivity contribution is 6.05. The third-order valence-corrected chi connectivity index (χ3v) is 4.83. The van der Waals surface area contributed by atoms with Crippen molar-refractivity contribution in [2.75, 3.05) is 41.0 Å². The third-order valence-electron chi connectivity index (χ3n) is 4.83. The number of rotatable bonds is 8. The number of nitrogens with one attached hydrogen (secondary N) is 3. The van der Waals surface area contributed by atoms with E-state index >= 15 is 0 Å². The van der Waals surface area contributed by atoms with Crippen LogP contribution in [0.2, 0.25) is 0 Å². The normalized spacial score (nSPS) is 10.4. The third kappa shape index (κ3) is 6.23. The maximum absolute atomic E-state index is 12.9. The first kappa shape index (κ1) is 23.6. The number of hydrogen-bond acceptors (Lipinski definition) is 6. The number of anilines is 4. The lowest BCUT2D eigenvalue weighted by atomic mass is 10.1. The Morgan fingerprint density at radius 2 is 1.91 bits per heavy atom. The molecule has 0 atom stereocenters. The molecule has 0 saturated carbocycles. The summed E-state index contributed by atoms with van der Waals surface area (Å²) in [5.41, 5.74) is 8.08. The minimum Gasteiger partial charge on any atom is -0.369 e. The topological polar surface area (TPSA) is 125 Å². The van der Waals surface area contributed by atoms with Crippen molar-refractivity contribution in [2.45, 2.75) is 13.6 Å². The number of halogens is 1. The maximum Gasteiger partial charge on any atom is 0.327 e. The van der Waals surface area contributed by atoms with Gasteiger partial charge in [-0.05, 0) is 42.3 Å². The fourth-order valence-corrected chi connectivity index (χ4v) is 2.96. The lowest BCUT2D eigenvalue weighted by molar-refractivity contribution is 0.102. The Balaban J connectivity index is 1.71. The zero-order chi connectivity index (χ0) is 23.8. The Morgan fingerprint density at radius 3 is 2.67 bits per heavy atom. The molecule has 0 spiro atoms. The molecule has 0 unspecified atom stereocenters. The number of nitrogens with zero attached hydrogens (tertiary/aromatic N) is 3. The zero-order valence-corrected chi connectivity index (χ0v) is 18.4. The van der Waals surface area contributed by atoms with Gasteiger partial charge in [0.1, 0.15) is 24.6 Å². The standard InChI is InChI=1S/C23H26FN7O2/c1-15-6-7-18(29-22(32)17-5-3-4-16(10-17)13-24)11-19(15)30-23(33)31(2)21-12-20(26-9-8-25)27-14-28-21/h3-7,10-12,14H,8-9,13,25H2,1-2H3,(H,29,32)(H,30,33)(H,26,27,28). The van der Waals surface area contributed by atoms with E-state index in [1.54, 1.807) is 49.5 Å². The van der Waals surface area contributed by atoms with E-state index in [1.807, 2.05) is 6.92 Å². The van der Waals surface area contributed by atoms with Gasteiger partial charge in [0, 0.05) is 43.1 Å². The molecular weight excluding hydrogens is 425 g/mol. The Hall–Kier alpha value is -4.05. The summed E-state index contributed by atoms with van der Waals surface area (Å²) in [7, 11) is 1.59. The van der Waals surface area contributed by atoms with Crippen molar-refractivity contribution < 1.29 is 14.0 Å². The molecule has 1 aromatic heterocycles. The molecule has 0 radical (unpaired) electrons. The van der Waals surface area contributed by atoms with Crippen molar-refractivity contribution in [1.82, 2.24) is 9.97 Å². The molecule has 3 amide bonds. The van der Waals surface area contributed by atoms with Crippen LogP contribution in [-0.4, -0.2) is 42.0 Å². The van der Waals surface area contributed by atoms with Gasteiger partial charge in [-0.3, -0.25) is 9.69 Å². The van der Waals surface area contributed by atoms with Gasteiger partial charge >= 0.3 is 6.03 Å². The van der Waals surface area contributed by atoms with Crippen molar-refractivity contribution in [3.8, 4) is 0 Å². The minimum atomic E-state index is -0.647. The summed E-state index contributed by atoms with van der Waals surface area (Å²) in [5, 5.41) is 8.64. The van der Waals surface area contributed by atoms with Crippen LogP contribution in [0.4, 0.5) is 32.2 Å². The molecule has 33 heavy (non-hydrogen) atoms. The molecule has 9 nitrogen and oxygen atoms in total. The molecule has 0 saturated heterocycles. The fourth-order valence-electron chi connectivity index (χ4n) is 2.96. The Kier molecular flexibility index (Phi) is 7.87. The molecule has 3 rings (SSSR count). The number of alkyl halides is 1. The van der Waals surface area contributed by atoms with Gasteiger partial charge in [-0.2, -0.15) is 0 Å². The molecule has 5 N–H and O–H groups in total. The first-order chi connectivity index (χ1) is 15.9. The van der Waals surface area contributed by atoms with Crippen molar-refractivity contribution in [1.29, 1.82) is 0 Å². The Bertz CT molecular complexity index is 1140. The van der Waals surface area contributed by atoms with E-state index in [9.17, 15) is 14.0 Å². The van der Waals surface area contributed by atoms with E-state index in [2.05, 4.69) is 25.9 Å². The molecule has 0 aliphatic heterocycles. The molecule has 10 heteroatoms. The van der Waals surface area contributed by atoms with Gasteiger partial charge < -0.3 is 21.7 Å². The Morgan fingerprint density at radius 1 is 1.09 bits per heavy atom. The first-order valence-corrected chi connectivity index (χ1v) is 10.3. The van der Waals surface area contributed by atoms with Crippen LogP contribution in [0.25, 0.3) is 0 Å². The van der Waals surface area contributed by atoms with Gasteiger partial charge in [0.2, 0.25) is 0 Å². The van der Waals surface area contributed by atoms with Gasteiger partial charge in [0.05, 0.1) is 0 Å². The van der Waals surface area contributed by atoms with Crippen LogP contribution < -0.4 is 26.6 Å². The molecule has 0 aliphatic carbocycles. The number of nitrogens with two attached hydrogens (primary N) is 1. The monoisotopic (exact) mass is 451 g/mol. The highest BCUT2D eigenvalue weighted by Crippen LogP contribution is 2.22. The van der Waals surface area contributed by atoms with Gasteiger partial charge in [-0.25, -0.2) is 19.2 Å². The molecule has 0 aliphatic rings. The number of amides is 3. The lowest BCUT2D eigenvalue weighted by Crippen LogP contribution is -2.32. The second kappa shape index (κ2) is 11.0. The number of carbonyl (C=O) groups is 2. The second-order valence-electron chi connectivity index (χ2n) is 7.28. The quantitative estimate of drug-likeness (QED) is 0.415. The molecule has 2 aromatic carbocycles. The zero-order valence-electron chi connectivity index (χ0n) is 18.4. The molecule has 3 aromatic rings. The van der Waals surface area contributed by atoms with E-state index in [1.165, 1.54) is 17.3 Å². The van der Waals surface area contributed by atoms with Crippen LogP contribution in [0.3, 0.4) is 0 Å². The fraction of sp³-hybridized carbons (Fsp3) is 0.217. The van der Waals surface area contributed by atoms with Gasteiger partial charge in [0.25, 0.3) is 5.91 Å². The highest BCUT2D eigenvalue weighted by Gasteiger charge is 2.15. The summed E-state index contributed by atoms with van der Waals surface area (Å²) in [6, 6.07) is 12.7. The van der Waals surface area contributed by atoms with E-state index < -0.39 is 12.7 Å². The number of benzene rings is 2. The number of urea groups is 1. The number of carbonyl (C=O) groups excluding carboxylic acids is 2. The number of hydrogen-bond donors (Lipinski definition) is 4. The predicted molar refractivity (Wildman–Crippen MR) is 127 cm³/mol. The summed E-state index contributed by atoms with van der Waals surface area (Å²) >= 11 is 0. The number of aryl methyl sites for hydroxylation is 1. The van der Waals surface area contributed by atoms with E-state index in [0.29, 0.717) is 47.2 Å². The summed E-state index contributed by atoms with van der Waals surface area (Å²) in [5.74, 6) is 0.585. The summed E-state index contributed by atoms with van der Waals surface area (Å²) in [6.07, 6.45) is 1.36. The van der Waals surface area contributed by atoms with Crippen molar-refractivity contribution in [3.05, 3.63) is 71.5 Å². The largest absolute Gasteiger partial charge is 0.369 e. The van der Waals surface area contributed by atoms with Crippen LogP contribution in [0.5, 0.6) is 0 Å². The molecule has 0 bridgehead atoms. The molecule has 1 heterocycles. The van der Waals surface area contributed by atoms with Crippen molar-refractivity contribution in [3.63, 3.8) is 0 Å². The van der Waals surface area contributed by atoms with Gasteiger partial charge in [-0.15, -0.1) is 0 Å². The second-order valence-corrected chi connectivity index (χ2v) is 7.28. The summed E-state index contributed by atoms with van der Waals surface area (Å²) in [4.78, 5) is 34.9. The SMILES string of the molecule is Cc1ccc(NC(=O)c2cccc(CF)c2)cc1NC(=O)N(C)c1cc(NCCN)ncn1. The number of aromatic nitrogens is 2. The van der Waals surface area contributed by atoms with Crippen LogP contribution in [0.15, 0.2) is 54.9 Å². The summed E-state index contributed by atoms with van der Waals surface area (Å²) < 4.78 is 12.9. The summed E-state index contributed by atoms with van der Waals surface area (Å²) in [6.45, 7) is 2.18. The molecule has 172 valence electrons. The van der Waals surface area contributed by atoms with Crippen molar-refractivity contribution >= 4 is 34.9 Å². The predicted octanol–water partition coefficient (Wildman–Crippen LogP) is 3.55. The van der Waals surface area contributed by atoms with E-state index in [0.717, 1.165) is 5.56 Å². The Labute approximate surface area is 191 Å². The molecular formula is C23H26FN7O2. The lowest BCUT2D eigenvalue weighted by Gasteiger charge is -2.19. The van der Waals surface area contributed by atoms with Crippen LogP contribution >= 0.6 is 0 Å². The average Bonchev–Trinajstić information content (AvgIpc) is 2.84. The van der Waals surface area contributed by atoms with Gasteiger partial charge in [0.15, 0.2) is 0 Å². The van der Waals surface area contributed by atoms with Gasteiger partial charge in [-0.1, -0.05) is 18.2 Å². The highest BCUT2D eigenvalue weighted by atomic mass is 19.1. The minimum absolute atomic E-state index is 0.346. The molecule has 0 fully saturated rings. The smallest absolute Gasteiger partial charge is 0.327 e. The van der Waals surface area contributed by atoms with Crippen molar-refractivity contribution in [2.24, 2.45) is 5.73 Å². The van der Waals surface area contributed by atoms with E-state index in [4.69, 9.17) is 5.73 Å². The van der Waals surface area contributed by atoms with Crippen LogP contribution in [0, 0.1) is 6.92 Å². The maximum atomic E-state index is 12.9.